The molecule has 2 atom stereocenters. The number of benzene rings is 2. The average Bonchev–Trinajstić information content (AvgIpc) is 3.95. The lowest BCUT2D eigenvalue weighted by atomic mass is 10.0. The third-order valence-corrected chi connectivity index (χ3v) is 9.54. The summed E-state index contributed by atoms with van der Waals surface area (Å²) in [4.78, 5) is 58.0. The Morgan fingerprint density at radius 3 is 2.40 bits per heavy atom. The van der Waals surface area contributed by atoms with E-state index >= 15 is 0 Å². The van der Waals surface area contributed by atoms with Crippen molar-refractivity contribution in [3.8, 4) is 33.8 Å². The first-order chi connectivity index (χ1) is 25.0. The highest BCUT2D eigenvalue weighted by atomic mass is 16.5. The van der Waals surface area contributed by atoms with Crippen LogP contribution < -0.4 is 5.32 Å². The number of likely N-dealkylation sites (tertiary alicyclic amines) is 1. The molecule has 1 aliphatic heterocycles. The molecule has 2 aromatic carbocycles. The second-order valence-electron chi connectivity index (χ2n) is 14.3. The number of nitrogens with one attached hydrogen (secondary N) is 3. The Hall–Kier alpha value is -5.39. The minimum Gasteiger partial charge on any atom is -0.456 e. The second kappa shape index (κ2) is 15.9. The summed E-state index contributed by atoms with van der Waals surface area (Å²) in [5.74, 6) is 2.47. The van der Waals surface area contributed by atoms with Crippen molar-refractivity contribution in [2.24, 2.45) is 11.8 Å². The van der Waals surface area contributed by atoms with E-state index in [1.165, 1.54) is 7.11 Å². The number of ether oxygens (including phenoxy) is 1. The smallest absolute Gasteiger partial charge is 0.407 e. The second-order valence-corrected chi connectivity index (χ2v) is 14.3. The Morgan fingerprint density at radius 1 is 0.981 bits per heavy atom. The number of imidazole rings is 2. The van der Waals surface area contributed by atoms with Gasteiger partial charge in [-0.3, -0.25) is 9.59 Å². The van der Waals surface area contributed by atoms with Gasteiger partial charge in [0, 0.05) is 36.0 Å². The highest BCUT2D eigenvalue weighted by Gasteiger charge is 2.37. The number of H-pyrrole nitrogens is 2. The van der Waals surface area contributed by atoms with E-state index in [0.717, 1.165) is 75.7 Å². The summed E-state index contributed by atoms with van der Waals surface area (Å²) in [7, 11) is 1.29. The summed E-state index contributed by atoms with van der Waals surface area (Å²) in [5, 5.41) is 3.66. The normalized spacial score (nSPS) is 15.1. The van der Waals surface area contributed by atoms with Crippen LogP contribution in [0.2, 0.25) is 0 Å². The Morgan fingerprint density at radius 2 is 1.69 bits per heavy atom. The van der Waals surface area contributed by atoms with Crippen molar-refractivity contribution in [1.82, 2.24) is 35.1 Å². The van der Waals surface area contributed by atoms with Crippen LogP contribution >= 0.6 is 0 Å². The van der Waals surface area contributed by atoms with Gasteiger partial charge in [-0.1, -0.05) is 58.9 Å². The van der Waals surface area contributed by atoms with Gasteiger partial charge in [0.2, 0.25) is 11.8 Å². The molecule has 3 N–H and O–H groups in total. The molecule has 0 aliphatic carbocycles. The number of furan rings is 1. The van der Waals surface area contributed by atoms with Gasteiger partial charge in [0.25, 0.3) is 0 Å². The maximum absolute atomic E-state index is 13.5. The van der Waals surface area contributed by atoms with E-state index in [4.69, 9.17) is 9.15 Å². The van der Waals surface area contributed by atoms with Crippen LogP contribution in [0.15, 0.2) is 65.3 Å². The van der Waals surface area contributed by atoms with E-state index in [1.54, 1.807) is 6.20 Å². The van der Waals surface area contributed by atoms with E-state index < -0.39 is 12.1 Å². The van der Waals surface area contributed by atoms with Crippen LogP contribution in [0.3, 0.4) is 0 Å². The summed E-state index contributed by atoms with van der Waals surface area (Å²) < 4.78 is 11.0. The Bertz CT molecular complexity index is 2010. The molecule has 0 bridgehead atoms. The van der Waals surface area contributed by atoms with Crippen LogP contribution in [-0.4, -0.2) is 73.9 Å². The molecule has 1 aliphatic rings. The first kappa shape index (κ1) is 36.4. The van der Waals surface area contributed by atoms with E-state index in [-0.39, 0.29) is 23.8 Å². The summed E-state index contributed by atoms with van der Waals surface area (Å²) in [5.41, 5.74) is 5.41. The first-order valence-corrected chi connectivity index (χ1v) is 18.2. The number of rotatable bonds is 13. The molecular weight excluding hydrogens is 658 g/mol. The van der Waals surface area contributed by atoms with E-state index in [0.29, 0.717) is 32.0 Å². The van der Waals surface area contributed by atoms with Crippen molar-refractivity contribution in [3.63, 3.8) is 0 Å². The van der Waals surface area contributed by atoms with E-state index in [9.17, 15) is 14.4 Å². The molecule has 0 unspecified atom stereocenters. The van der Waals surface area contributed by atoms with Crippen molar-refractivity contribution >= 4 is 28.9 Å². The minimum absolute atomic E-state index is 0.103. The maximum atomic E-state index is 13.5. The Labute approximate surface area is 304 Å². The van der Waals surface area contributed by atoms with Crippen LogP contribution in [0.1, 0.15) is 78.0 Å². The van der Waals surface area contributed by atoms with E-state index in [1.807, 2.05) is 72.3 Å². The molecule has 4 heterocycles. The van der Waals surface area contributed by atoms with Gasteiger partial charge >= 0.3 is 6.09 Å². The van der Waals surface area contributed by atoms with Crippen molar-refractivity contribution < 1.29 is 23.5 Å². The standard InChI is InChI=1S/C40H49N7O5/c1-7-16-46(36(48)18-24(2)3)23-35-41-21-30(43-35)26-10-12-27(13-11-26)34-20-29-19-28(14-15-33(29)52-34)31-22-42-38(44-31)32-9-8-17-47(32)39(49)37(25(4)5)45-40(50)51-6/h10-15,19-22,24-25,32,37H,7-9,16-18,23H2,1-6H3,(H,41,43)(H,42,44)(H,45,50)/t32-,37-/m0/s1. The fourth-order valence-corrected chi connectivity index (χ4v) is 6.82. The molecule has 0 radical (unpaired) electrons. The fourth-order valence-electron chi connectivity index (χ4n) is 6.82. The number of nitrogens with zero attached hydrogens (tertiary/aromatic N) is 4. The number of carbonyl (C=O) groups excluding carboxylic acids is 3. The largest absolute Gasteiger partial charge is 0.456 e. The number of carbonyl (C=O) groups is 3. The molecule has 3 aromatic heterocycles. The molecule has 12 nitrogen and oxygen atoms in total. The van der Waals surface area contributed by atoms with Crippen molar-refractivity contribution in [2.75, 3.05) is 20.2 Å². The molecule has 274 valence electrons. The third kappa shape index (κ3) is 8.06. The fraction of sp³-hybridized carbons (Fsp3) is 0.425. The number of hydrogen-bond acceptors (Lipinski definition) is 7. The van der Waals surface area contributed by atoms with Crippen LogP contribution in [0.4, 0.5) is 4.79 Å². The number of alkyl carbamates (subject to hydrolysis) is 1. The van der Waals surface area contributed by atoms with Crippen LogP contribution in [0.25, 0.3) is 44.8 Å². The van der Waals surface area contributed by atoms with Crippen LogP contribution in [-0.2, 0) is 20.9 Å². The average molecular weight is 708 g/mol. The number of aromatic amines is 2. The van der Waals surface area contributed by atoms with Gasteiger partial charge in [0.05, 0.1) is 43.5 Å². The molecule has 0 saturated carbocycles. The number of aromatic nitrogens is 4. The van der Waals surface area contributed by atoms with Gasteiger partial charge in [-0.05, 0) is 60.9 Å². The van der Waals surface area contributed by atoms with Gasteiger partial charge in [-0.2, -0.15) is 0 Å². The van der Waals surface area contributed by atoms with Gasteiger partial charge < -0.3 is 34.2 Å². The summed E-state index contributed by atoms with van der Waals surface area (Å²) >= 11 is 0. The quantitative estimate of drug-likeness (QED) is 0.113. The van der Waals surface area contributed by atoms with Crippen molar-refractivity contribution in [1.29, 1.82) is 0 Å². The lowest BCUT2D eigenvalue weighted by Gasteiger charge is -2.30. The molecule has 1 fully saturated rings. The van der Waals surface area contributed by atoms with Gasteiger partial charge in [-0.25, -0.2) is 14.8 Å². The zero-order valence-corrected chi connectivity index (χ0v) is 30.9. The highest BCUT2D eigenvalue weighted by Crippen LogP contribution is 2.35. The predicted octanol–water partition coefficient (Wildman–Crippen LogP) is 7.71. The third-order valence-electron chi connectivity index (χ3n) is 9.54. The number of fused-ring (bicyclic) bond motifs is 1. The molecule has 3 amide bonds. The summed E-state index contributed by atoms with van der Waals surface area (Å²) in [6.45, 7) is 11.8. The summed E-state index contributed by atoms with van der Waals surface area (Å²) in [6, 6.07) is 15.3. The molecule has 52 heavy (non-hydrogen) atoms. The number of amides is 3. The molecule has 6 rings (SSSR count). The predicted molar refractivity (Wildman–Crippen MR) is 200 cm³/mol. The Kier molecular flexibility index (Phi) is 11.1. The molecule has 1 saturated heterocycles. The van der Waals surface area contributed by atoms with Crippen molar-refractivity contribution in [2.45, 2.75) is 78.9 Å². The SMILES string of the molecule is CCCN(Cc1ncc(-c2ccc(-c3cc4cc(-c5cnc([C@@H]6CCCN6C(=O)[C@@H](NC(=O)OC)C(C)C)[nH]5)ccc4o3)cc2)[nH]1)C(=O)CC(C)C. The molecule has 12 heteroatoms. The van der Waals surface area contributed by atoms with Gasteiger partial charge in [0.1, 0.15) is 29.0 Å². The molecular formula is C40H49N7O5. The maximum Gasteiger partial charge on any atom is 0.407 e. The monoisotopic (exact) mass is 707 g/mol. The zero-order valence-electron chi connectivity index (χ0n) is 30.9. The first-order valence-electron chi connectivity index (χ1n) is 18.2. The van der Waals surface area contributed by atoms with Gasteiger partial charge in [-0.15, -0.1) is 0 Å². The minimum atomic E-state index is -0.686. The van der Waals surface area contributed by atoms with Gasteiger partial charge in [0.15, 0.2) is 0 Å². The lowest BCUT2D eigenvalue weighted by molar-refractivity contribution is -0.135. The Balaban J connectivity index is 1.14. The van der Waals surface area contributed by atoms with E-state index in [2.05, 4.69) is 52.1 Å². The van der Waals surface area contributed by atoms with Crippen molar-refractivity contribution in [3.05, 3.63) is 72.6 Å². The van der Waals surface area contributed by atoms with Crippen LogP contribution in [0, 0.1) is 11.8 Å². The molecule has 0 spiro atoms. The zero-order chi connectivity index (χ0) is 36.9. The molecule has 5 aromatic rings. The summed E-state index contributed by atoms with van der Waals surface area (Å²) in [6.07, 6.45) is 6.05. The number of methoxy groups -OCH3 is 1. The lowest BCUT2D eigenvalue weighted by Crippen LogP contribution is -2.51. The number of hydrogen-bond donors (Lipinski definition) is 3. The van der Waals surface area contributed by atoms with Crippen LogP contribution in [0.5, 0.6) is 0 Å². The highest BCUT2D eigenvalue weighted by molar-refractivity contribution is 5.88. The topological polar surface area (TPSA) is 149 Å².